The van der Waals surface area contributed by atoms with Crippen LogP contribution in [-0.2, 0) is 9.59 Å². The summed E-state index contributed by atoms with van der Waals surface area (Å²) in [6.45, 7) is 0. The van der Waals surface area contributed by atoms with Gasteiger partial charge in [-0.1, -0.05) is 6.42 Å². The molecule has 0 saturated heterocycles. The SMILES string of the molecule is Nc1ccc(C(=O)N[C@@H](CCCCC(=O)O)C(=O)O)cc1. The summed E-state index contributed by atoms with van der Waals surface area (Å²) in [4.78, 5) is 33.4. The van der Waals surface area contributed by atoms with Crippen molar-refractivity contribution in [1.82, 2.24) is 5.32 Å². The lowest BCUT2D eigenvalue weighted by Gasteiger charge is -2.14. The zero-order valence-electron chi connectivity index (χ0n) is 11.4. The zero-order chi connectivity index (χ0) is 15.8. The number of hydrogen-bond donors (Lipinski definition) is 4. The number of amides is 1. The molecule has 1 aromatic rings. The van der Waals surface area contributed by atoms with Gasteiger partial charge in [-0.15, -0.1) is 0 Å². The van der Waals surface area contributed by atoms with Crippen molar-refractivity contribution in [3.63, 3.8) is 0 Å². The number of unbranched alkanes of at least 4 members (excludes halogenated alkanes) is 1. The van der Waals surface area contributed by atoms with Crippen LogP contribution in [0.1, 0.15) is 36.0 Å². The van der Waals surface area contributed by atoms with Gasteiger partial charge in [-0.05, 0) is 37.1 Å². The highest BCUT2D eigenvalue weighted by Crippen LogP contribution is 2.08. The zero-order valence-corrected chi connectivity index (χ0v) is 11.4. The average molecular weight is 294 g/mol. The monoisotopic (exact) mass is 294 g/mol. The Balaban J connectivity index is 2.53. The van der Waals surface area contributed by atoms with Crippen molar-refractivity contribution in [3.8, 4) is 0 Å². The van der Waals surface area contributed by atoms with Crippen LogP contribution < -0.4 is 11.1 Å². The molecule has 114 valence electrons. The van der Waals surface area contributed by atoms with Gasteiger partial charge in [0.2, 0.25) is 0 Å². The Morgan fingerprint density at radius 2 is 1.71 bits per heavy atom. The van der Waals surface area contributed by atoms with Gasteiger partial charge in [-0.2, -0.15) is 0 Å². The maximum absolute atomic E-state index is 11.9. The van der Waals surface area contributed by atoms with Crippen LogP contribution in [0.15, 0.2) is 24.3 Å². The van der Waals surface area contributed by atoms with Crippen LogP contribution >= 0.6 is 0 Å². The minimum absolute atomic E-state index is 0.0156. The Morgan fingerprint density at radius 1 is 1.10 bits per heavy atom. The molecule has 5 N–H and O–H groups in total. The summed E-state index contributed by atoms with van der Waals surface area (Å²) in [7, 11) is 0. The van der Waals surface area contributed by atoms with E-state index in [1.54, 1.807) is 12.1 Å². The summed E-state index contributed by atoms with van der Waals surface area (Å²) in [5.74, 6) is -2.57. The molecule has 0 aliphatic rings. The number of benzene rings is 1. The number of nitrogens with two attached hydrogens (primary N) is 1. The van der Waals surface area contributed by atoms with Crippen LogP contribution in [0.5, 0.6) is 0 Å². The van der Waals surface area contributed by atoms with Crippen LogP contribution in [0, 0.1) is 0 Å². The number of carbonyl (C=O) groups excluding carboxylic acids is 1. The summed E-state index contributed by atoms with van der Waals surface area (Å²) >= 11 is 0. The van der Waals surface area contributed by atoms with E-state index in [4.69, 9.17) is 15.9 Å². The van der Waals surface area contributed by atoms with Crippen molar-refractivity contribution in [3.05, 3.63) is 29.8 Å². The third-order valence-electron chi connectivity index (χ3n) is 2.91. The first-order valence-corrected chi connectivity index (χ1v) is 6.51. The van der Waals surface area contributed by atoms with Crippen molar-refractivity contribution in [2.75, 3.05) is 5.73 Å². The Labute approximate surface area is 121 Å². The van der Waals surface area contributed by atoms with Crippen LogP contribution in [-0.4, -0.2) is 34.1 Å². The highest BCUT2D eigenvalue weighted by atomic mass is 16.4. The number of rotatable bonds is 8. The van der Waals surface area contributed by atoms with E-state index in [1.165, 1.54) is 12.1 Å². The van der Waals surface area contributed by atoms with Crippen LogP contribution in [0.2, 0.25) is 0 Å². The Morgan fingerprint density at radius 3 is 2.24 bits per heavy atom. The maximum atomic E-state index is 11.9. The van der Waals surface area contributed by atoms with Gasteiger partial charge < -0.3 is 21.3 Å². The summed E-state index contributed by atoms with van der Waals surface area (Å²) in [6, 6.07) is 5.08. The maximum Gasteiger partial charge on any atom is 0.326 e. The number of anilines is 1. The standard InChI is InChI=1S/C14H18N2O5/c15-10-7-5-9(6-8-10)13(19)16-11(14(20)21)3-1-2-4-12(17)18/h5-8,11H,1-4,15H2,(H,16,19)(H,17,18)(H,20,21)/t11-/m0/s1. The second-order valence-corrected chi connectivity index (χ2v) is 4.63. The molecule has 0 aliphatic carbocycles. The lowest BCUT2D eigenvalue weighted by Crippen LogP contribution is -2.40. The molecule has 0 spiro atoms. The van der Waals surface area contributed by atoms with Crippen molar-refractivity contribution in [2.45, 2.75) is 31.7 Å². The fraction of sp³-hybridized carbons (Fsp3) is 0.357. The molecule has 0 aromatic heterocycles. The van der Waals surface area contributed by atoms with Crippen molar-refractivity contribution in [1.29, 1.82) is 0 Å². The average Bonchev–Trinajstić information content (AvgIpc) is 2.42. The van der Waals surface area contributed by atoms with E-state index in [-0.39, 0.29) is 12.8 Å². The van der Waals surface area contributed by atoms with E-state index in [9.17, 15) is 14.4 Å². The Bertz CT molecular complexity index is 513. The number of hydrogen-bond acceptors (Lipinski definition) is 4. The van der Waals surface area contributed by atoms with Crippen molar-refractivity contribution < 1.29 is 24.6 Å². The number of carboxylic acid groups (broad SMARTS) is 2. The molecule has 0 aliphatic heterocycles. The molecule has 0 fully saturated rings. The molecule has 0 bridgehead atoms. The van der Waals surface area contributed by atoms with Crippen LogP contribution in [0.3, 0.4) is 0 Å². The summed E-state index contributed by atoms with van der Waals surface area (Å²) < 4.78 is 0. The van der Waals surface area contributed by atoms with E-state index in [0.717, 1.165) is 0 Å². The number of aliphatic carboxylic acids is 2. The largest absolute Gasteiger partial charge is 0.481 e. The third kappa shape index (κ3) is 5.94. The number of carboxylic acids is 2. The molecule has 0 saturated carbocycles. The molecule has 0 heterocycles. The van der Waals surface area contributed by atoms with E-state index < -0.39 is 23.9 Å². The molecule has 1 aromatic carbocycles. The van der Waals surface area contributed by atoms with Gasteiger partial charge in [-0.25, -0.2) is 4.79 Å². The lowest BCUT2D eigenvalue weighted by atomic mass is 10.1. The molecule has 7 heteroatoms. The molecule has 7 nitrogen and oxygen atoms in total. The van der Waals surface area contributed by atoms with Crippen molar-refractivity contribution >= 4 is 23.5 Å². The van der Waals surface area contributed by atoms with Gasteiger partial charge in [0.05, 0.1) is 0 Å². The van der Waals surface area contributed by atoms with Crippen molar-refractivity contribution in [2.24, 2.45) is 0 Å². The lowest BCUT2D eigenvalue weighted by molar-refractivity contribution is -0.139. The quantitative estimate of drug-likeness (QED) is 0.419. The second kappa shape index (κ2) is 7.88. The molecular formula is C14H18N2O5. The predicted octanol–water partition coefficient (Wildman–Crippen LogP) is 1.10. The minimum Gasteiger partial charge on any atom is -0.481 e. The molecule has 1 amide bonds. The normalized spacial score (nSPS) is 11.6. The van der Waals surface area contributed by atoms with E-state index in [2.05, 4.69) is 5.32 Å². The van der Waals surface area contributed by atoms with Gasteiger partial charge in [0.1, 0.15) is 6.04 Å². The van der Waals surface area contributed by atoms with E-state index >= 15 is 0 Å². The summed E-state index contributed by atoms with van der Waals surface area (Å²) in [6.07, 6.45) is 0.948. The first-order valence-electron chi connectivity index (χ1n) is 6.51. The second-order valence-electron chi connectivity index (χ2n) is 4.63. The van der Waals surface area contributed by atoms with E-state index in [0.29, 0.717) is 24.1 Å². The Hall–Kier alpha value is -2.57. The van der Waals surface area contributed by atoms with Crippen LogP contribution in [0.25, 0.3) is 0 Å². The van der Waals surface area contributed by atoms with E-state index in [1.807, 2.05) is 0 Å². The number of nitrogens with one attached hydrogen (secondary N) is 1. The molecule has 1 rings (SSSR count). The first kappa shape index (κ1) is 16.5. The van der Waals surface area contributed by atoms with Gasteiger partial charge in [0.15, 0.2) is 0 Å². The highest BCUT2D eigenvalue weighted by Gasteiger charge is 2.20. The number of carbonyl (C=O) groups is 3. The third-order valence-corrected chi connectivity index (χ3v) is 2.91. The first-order chi connectivity index (χ1) is 9.90. The van der Waals surface area contributed by atoms with Gasteiger partial charge >= 0.3 is 11.9 Å². The molecular weight excluding hydrogens is 276 g/mol. The number of nitrogen functional groups attached to an aromatic ring is 1. The smallest absolute Gasteiger partial charge is 0.326 e. The minimum atomic E-state index is -1.14. The Kier molecular flexibility index (Phi) is 6.19. The predicted molar refractivity (Wildman–Crippen MR) is 75.8 cm³/mol. The summed E-state index contributed by atoms with van der Waals surface area (Å²) in [5, 5.41) is 20.0. The van der Waals surface area contributed by atoms with Gasteiger partial charge in [-0.3, -0.25) is 9.59 Å². The fourth-order valence-electron chi connectivity index (χ4n) is 1.76. The molecule has 21 heavy (non-hydrogen) atoms. The van der Waals surface area contributed by atoms with Crippen LogP contribution in [0.4, 0.5) is 5.69 Å². The highest BCUT2D eigenvalue weighted by molar-refractivity contribution is 5.96. The topological polar surface area (TPSA) is 130 Å². The molecule has 0 radical (unpaired) electrons. The van der Waals surface area contributed by atoms with Gasteiger partial charge in [0, 0.05) is 17.7 Å². The fourth-order valence-corrected chi connectivity index (χ4v) is 1.76. The molecule has 1 atom stereocenters. The summed E-state index contributed by atoms with van der Waals surface area (Å²) in [5.41, 5.74) is 6.34. The molecule has 0 unspecified atom stereocenters. The van der Waals surface area contributed by atoms with Gasteiger partial charge in [0.25, 0.3) is 5.91 Å².